The van der Waals surface area contributed by atoms with Gasteiger partial charge in [0.1, 0.15) is 6.04 Å². The zero-order valence-corrected chi connectivity index (χ0v) is 12.7. The number of carboxylic acids is 1. The van der Waals surface area contributed by atoms with Gasteiger partial charge < -0.3 is 10.8 Å². The highest BCUT2D eigenvalue weighted by atomic mass is 16.4. The van der Waals surface area contributed by atoms with Crippen LogP contribution in [-0.4, -0.2) is 39.7 Å². The molecule has 1 aromatic rings. The molecule has 1 heterocycles. The molecule has 3 N–H and O–H groups in total. The van der Waals surface area contributed by atoms with E-state index in [4.69, 9.17) is 5.73 Å². The van der Waals surface area contributed by atoms with E-state index in [1.54, 1.807) is 12.1 Å². The van der Waals surface area contributed by atoms with E-state index < -0.39 is 36.2 Å². The lowest BCUT2D eigenvalue weighted by atomic mass is 9.98. The van der Waals surface area contributed by atoms with Crippen LogP contribution < -0.4 is 5.73 Å². The predicted molar refractivity (Wildman–Crippen MR) is 80.8 cm³/mol. The molecule has 7 heteroatoms. The number of imide groups is 1. The van der Waals surface area contributed by atoms with Crippen molar-refractivity contribution < 1.29 is 24.3 Å². The second-order valence-electron chi connectivity index (χ2n) is 5.45. The first-order chi connectivity index (χ1) is 10.9. The van der Waals surface area contributed by atoms with Gasteiger partial charge in [0.05, 0.1) is 17.5 Å². The Morgan fingerprint density at radius 1 is 1.26 bits per heavy atom. The molecule has 23 heavy (non-hydrogen) atoms. The second kappa shape index (κ2) is 6.60. The van der Waals surface area contributed by atoms with Crippen LogP contribution in [0.3, 0.4) is 0 Å². The van der Waals surface area contributed by atoms with Crippen molar-refractivity contribution in [3.63, 3.8) is 0 Å². The number of nitrogens with zero attached hydrogens (tertiary/aromatic N) is 1. The summed E-state index contributed by atoms with van der Waals surface area (Å²) in [4.78, 5) is 48.1. The van der Waals surface area contributed by atoms with E-state index in [0.717, 1.165) is 12.8 Å². The smallest absolute Gasteiger partial charge is 0.327 e. The maximum Gasteiger partial charge on any atom is 0.327 e. The third-order valence-corrected chi connectivity index (χ3v) is 3.82. The van der Waals surface area contributed by atoms with E-state index in [1.165, 1.54) is 6.07 Å². The number of fused-ring (bicyclic) bond motifs is 1. The number of carbonyl (C=O) groups is 4. The number of amides is 3. The Balaban J connectivity index is 2.43. The molecular formula is C16H18N2O5. The second-order valence-corrected chi connectivity index (χ2v) is 5.45. The molecule has 0 fully saturated rings. The molecular weight excluding hydrogens is 300 g/mol. The van der Waals surface area contributed by atoms with Gasteiger partial charge in [-0.2, -0.15) is 0 Å². The van der Waals surface area contributed by atoms with Crippen molar-refractivity contribution in [1.82, 2.24) is 4.90 Å². The Bertz CT molecular complexity index is 683. The van der Waals surface area contributed by atoms with E-state index >= 15 is 0 Å². The maximum absolute atomic E-state index is 12.6. The van der Waals surface area contributed by atoms with Gasteiger partial charge >= 0.3 is 5.97 Å². The molecule has 1 aromatic carbocycles. The van der Waals surface area contributed by atoms with Gasteiger partial charge in [-0.25, -0.2) is 4.79 Å². The molecule has 0 radical (unpaired) electrons. The van der Waals surface area contributed by atoms with Crippen molar-refractivity contribution in [3.05, 3.63) is 34.9 Å². The SMILES string of the molecule is CCCCc1cccc2c1C(=O)N(C(CC(N)=O)C(=O)O)C2=O. The van der Waals surface area contributed by atoms with Crippen LogP contribution in [-0.2, 0) is 16.0 Å². The van der Waals surface area contributed by atoms with Gasteiger partial charge in [0.15, 0.2) is 0 Å². The lowest BCUT2D eigenvalue weighted by molar-refractivity contribution is -0.143. The fourth-order valence-corrected chi connectivity index (χ4v) is 2.71. The molecule has 0 bridgehead atoms. The summed E-state index contributed by atoms with van der Waals surface area (Å²) in [7, 11) is 0. The van der Waals surface area contributed by atoms with Crippen LogP contribution in [0.2, 0.25) is 0 Å². The lowest BCUT2D eigenvalue weighted by Gasteiger charge is -2.21. The Kier molecular flexibility index (Phi) is 4.78. The van der Waals surface area contributed by atoms with Crippen molar-refractivity contribution >= 4 is 23.7 Å². The number of hydrogen-bond donors (Lipinski definition) is 2. The number of aliphatic carboxylic acids is 1. The third-order valence-electron chi connectivity index (χ3n) is 3.82. The number of hydrogen-bond acceptors (Lipinski definition) is 4. The normalized spacial score (nSPS) is 14.7. The summed E-state index contributed by atoms with van der Waals surface area (Å²) in [6.45, 7) is 2.01. The first-order valence-electron chi connectivity index (χ1n) is 7.39. The minimum Gasteiger partial charge on any atom is -0.480 e. The molecule has 0 aliphatic carbocycles. The number of benzene rings is 1. The van der Waals surface area contributed by atoms with Crippen molar-refractivity contribution in [2.75, 3.05) is 0 Å². The fraction of sp³-hybridized carbons (Fsp3) is 0.375. The maximum atomic E-state index is 12.6. The van der Waals surface area contributed by atoms with Crippen LogP contribution in [0.4, 0.5) is 0 Å². The van der Waals surface area contributed by atoms with E-state index in [0.29, 0.717) is 16.9 Å². The highest BCUT2D eigenvalue weighted by molar-refractivity contribution is 6.23. The lowest BCUT2D eigenvalue weighted by Crippen LogP contribution is -2.46. The van der Waals surface area contributed by atoms with Gasteiger partial charge in [-0.05, 0) is 24.5 Å². The van der Waals surface area contributed by atoms with E-state index in [9.17, 15) is 24.3 Å². The zero-order chi connectivity index (χ0) is 17.1. The number of unbranched alkanes of at least 4 members (excludes halogenated alkanes) is 1. The number of carbonyl (C=O) groups excluding carboxylic acids is 3. The summed E-state index contributed by atoms with van der Waals surface area (Å²) >= 11 is 0. The summed E-state index contributed by atoms with van der Waals surface area (Å²) in [6, 6.07) is 3.34. The Labute approximate surface area is 133 Å². The summed E-state index contributed by atoms with van der Waals surface area (Å²) in [6.07, 6.45) is 1.79. The van der Waals surface area contributed by atoms with Crippen LogP contribution in [0.15, 0.2) is 18.2 Å². The van der Waals surface area contributed by atoms with E-state index in [1.807, 2.05) is 6.92 Å². The van der Waals surface area contributed by atoms with Crippen molar-refractivity contribution in [1.29, 1.82) is 0 Å². The Hall–Kier alpha value is -2.70. The molecule has 0 saturated heterocycles. The summed E-state index contributed by atoms with van der Waals surface area (Å²) in [5.74, 6) is -3.70. The van der Waals surface area contributed by atoms with Crippen LogP contribution in [0.5, 0.6) is 0 Å². The molecule has 1 atom stereocenters. The first-order valence-corrected chi connectivity index (χ1v) is 7.39. The average Bonchev–Trinajstić information content (AvgIpc) is 2.75. The fourth-order valence-electron chi connectivity index (χ4n) is 2.71. The zero-order valence-electron chi connectivity index (χ0n) is 12.7. The van der Waals surface area contributed by atoms with Crippen LogP contribution in [0.1, 0.15) is 52.5 Å². The summed E-state index contributed by atoms with van der Waals surface area (Å²) in [5, 5.41) is 9.25. The Morgan fingerprint density at radius 3 is 2.52 bits per heavy atom. The highest BCUT2D eigenvalue weighted by Crippen LogP contribution is 2.29. The van der Waals surface area contributed by atoms with Crippen molar-refractivity contribution in [2.45, 2.75) is 38.6 Å². The number of nitrogens with two attached hydrogens (primary N) is 1. The molecule has 1 aliphatic rings. The summed E-state index contributed by atoms with van der Waals surface area (Å²) < 4.78 is 0. The van der Waals surface area contributed by atoms with Crippen molar-refractivity contribution in [3.8, 4) is 0 Å². The largest absolute Gasteiger partial charge is 0.480 e. The van der Waals surface area contributed by atoms with Gasteiger partial charge in [-0.3, -0.25) is 19.3 Å². The van der Waals surface area contributed by atoms with Gasteiger partial charge in [0.2, 0.25) is 5.91 Å². The van der Waals surface area contributed by atoms with Crippen LogP contribution in [0, 0.1) is 0 Å². The molecule has 0 saturated carbocycles. The first kappa shape index (κ1) is 16.7. The predicted octanol–water partition coefficient (Wildman–Crippen LogP) is 0.954. The molecule has 0 aromatic heterocycles. The number of aryl methyl sites for hydroxylation is 1. The molecule has 7 nitrogen and oxygen atoms in total. The number of carboxylic acid groups (broad SMARTS) is 1. The minimum atomic E-state index is -1.58. The Morgan fingerprint density at radius 2 is 1.96 bits per heavy atom. The van der Waals surface area contributed by atoms with Crippen LogP contribution in [0.25, 0.3) is 0 Å². The quantitative estimate of drug-likeness (QED) is 0.726. The van der Waals surface area contributed by atoms with Crippen molar-refractivity contribution in [2.24, 2.45) is 5.73 Å². The third kappa shape index (κ3) is 3.08. The van der Waals surface area contributed by atoms with Gasteiger partial charge in [0.25, 0.3) is 11.8 Å². The minimum absolute atomic E-state index is 0.180. The monoisotopic (exact) mass is 318 g/mol. The average molecular weight is 318 g/mol. The number of rotatable bonds is 7. The molecule has 1 unspecified atom stereocenters. The molecule has 0 spiro atoms. The molecule has 122 valence electrons. The van der Waals surface area contributed by atoms with Crippen LogP contribution >= 0.6 is 0 Å². The standard InChI is InChI=1S/C16H18N2O5/c1-2-3-5-9-6-4-7-10-13(9)15(21)18(14(10)20)11(16(22)23)8-12(17)19/h4,6-7,11H,2-3,5,8H2,1H3,(H2,17,19)(H,22,23). The topological polar surface area (TPSA) is 118 Å². The highest BCUT2D eigenvalue weighted by Gasteiger charge is 2.44. The number of primary amides is 1. The van der Waals surface area contributed by atoms with E-state index in [2.05, 4.69) is 0 Å². The van der Waals surface area contributed by atoms with Gasteiger partial charge in [-0.15, -0.1) is 0 Å². The molecule has 2 rings (SSSR count). The van der Waals surface area contributed by atoms with Gasteiger partial charge in [-0.1, -0.05) is 25.5 Å². The summed E-state index contributed by atoms with van der Waals surface area (Å²) in [5.41, 5.74) is 6.17. The van der Waals surface area contributed by atoms with Gasteiger partial charge in [0, 0.05) is 0 Å². The van der Waals surface area contributed by atoms with E-state index in [-0.39, 0.29) is 11.1 Å². The molecule has 3 amide bonds. The molecule has 1 aliphatic heterocycles.